The number of nitrogens with one attached hydrogen (secondary N) is 1. The van der Waals surface area contributed by atoms with Gasteiger partial charge in [0.25, 0.3) is 5.91 Å². The molecule has 1 saturated carbocycles. The zero-order chi connectivity index (χ0) is 22.6. The average molecular weight is 441 g/mol. The summed E-state index contributed by atoms with van der Waals surface area (Å²) in [6.07, 6.45) is 6.52. The lowest BCUT2D eigenvalue weighted by atomic mass is 9.84. The second-order valence-electron chi connectivity index (χ2n) is 8.76. The van der Waals surface area contributed by atoms with Gasteiger partial charge in [0, 0.05) is 11.3 Å². The van der Waals surface area contributed by atoms with Gasteiger partial charge in [0.15, 0.2) is 12.2 Å². The maximum absolute atomic E-state index is 12.4. The first kappa shape index (κ1) is 21.3. The van der Waals surface area contributed by atoms with Gasteiger partial charge in [-0.2, -0.15) is 0 Å². The number of aromatic nitrogens is 1. The summed E-state index contributed by atoms with van der Waals surface area (Å²) in [5.41, 5.74) is 5.47. The van der Waals surface area contributed by atoms with Crippen molar-refractivity contribution in [3.63, 3.8) is 0 Å². The van der Waals surface area contributed by atoms with Crippen LogP contribution in [0.4, 0.5) is 5.69 Å². The number of nitrogens with zero attached hydrogens (tertiary/aromatic N) is 1. The highest BCUT2D eigenvalue weighted by Crippen LogP contribution is 2.33. The van der Waals surface area contributed by atoms with Crippen molar-refractivity contribution in [2.24, 2.45) is 0 Å². The molecule has 0 atom stereocenters. The summed E-state index contributed by atoms with van der Waals surface area (Å²) in [5.74, 6) is 1.73. The van der Waals surface area contributed by atoms with Crippen molar-refractivity contribution in [3.8, 4) is 17.2 Å². The molecule has 0 bridgehead atoms. The quantitative estimate of drug-likeness (QED) is 0.355. The van der Waals surface area contributed by atoms with Crippen molar-refractivity contribution < 1.29 is 13.9 Å². The number of oxazole rings is 1. The number of hydrogen-bond acceptors (Lipinski definition) is 4. The number of hydrogen-bond donors (Lipinski definition) is 1. The molecule has 4 aromatic rings. The molecule has 1 heterocycles. The van der Waals surface area contributed by atoms with Crippen LogP contribution in [0, 0.1) is 6.92 Å². The van der Waals surface area contributed by atoms with Crippen molar-refractivity contribution in [1.82, 2.24) is 4.98 Å². The van der Waals surface area contributed by atoms with Crippen LogP contribution in [0.1, 0.15) is 49.1 Å². The van der Waals surface area contributed by atoms with Crippen molar-refractivity contribution in [3.05, 3.63) is 77.9 Å². The number of carbonyl (C=O) groups is 1. The molecule has 5 heteroatoms. The minimum Gasteiger partial charge on any atom is -0.484 e. The fourth-order valence-corrected chi connectivity index (χ4v) is 4.55. The van der Waals surface area contributed by atoms with Crippen LogP contribution < -0.4 is 10.1 Å². The zero-order valence-corrected chi connectivity index (χ0v) is 18.8. The van der Waals surface area contributed by atoms with Gasteiger partial charge in [0.1, 0.15) is 11.3 Å². The second kappa shape index (κ2) is 9.49. The number of fused-ring (bicyclic) bond motifs is 1. The number of carbonyl (C=O) groups excluding carboxylic acids is 1. The molecule has 5 nitrogen and oxygen atoms in total. The Morgan fingerprint density at radius 2 is 1.82 bits per heavy atom. The smallest absolute Gasteiger partial charge is 0.262 e. The monoisotopic (exact) mass is 440 g/mol. The van der Waals surface area contributed by atoms with Gasteiger partial charge in [0.05, 0.1) is 0 Å². The maximum atomic E-state index is 12.4. The largest absolute Gasteiger partial charge is 0.484 e. The summed E-state index contributed by atoms with van der Waals surface area (Å²) in [6, 6.07) is 21.6. The Balaban J connectivity index is 1.20. The molecule has 0 saturated heterocycles. The van der Waals surface area contributed by atoms with Gasteiger partial charge < -0.3 is 14.5 Å². The van der Waals surface area contributed by atoms with Crippen LogP contribution in [0.5, 0.6) is 5.75 Å². The van der Waals surface area contributed by atoms with Gasteiger partial charge >= 0.3 is 0 Å². The SMILES string of the molecule is Cc1ccccc1-c1nc2cc(NC(=O)COc3ccc(C4CCCCC4)cc3)ccc2o1. The molecule has 3 aromatic carbocycles. The zero-order valence-electron chi connectivity index (χ0n) is 18.8. The van der Waals surface area contributed by atoms with E-state index >= 15 is 0 Å². The Labute approximate surface area is 193 Å². The Morgan fingerprint density at radius 1 is 1.03 bits per heavy atom. The van der Waals surface area contributed by atoms with Crippen molar-refractivity contribution in [2.45, 2.75) is 44.9 Å². The molecule has 1 aromatic heterocycles. The van der Waals surface area contributed by atoms with E-state index < -0.39 is 0 Å². The predicted molar refractivity (Wildman–Crippen MR) is 131 cm³/mol. The summed E-state index contributed by atoms with van der Waals surface area (Å²) in [7, 11) is 0. The van der Waals surface area contributed by atoms with E-state index in [0.717, 1.165) is 11.1 Å². The van der Waals surface area contributed by atoms with Crippen LogP contribution in [-0.4, -0.2) is 17.5 Å². The molecule has 0 aliphatic heterocycles. The topological polar surface area (TPSA) is 64.4 Å². The van der Waals surface area contributed by atoms with E-state index in [4.69, 9.17) is 9.15 Å². The predicted octanol–water partition coefficient (Wildman–Crippen LogP) is 6.87. The Kier molecular flexibility index (Phi) is 6.11. The van der Waals surface area contributed by atoms with Gasteiger partial charge in [-0.25, -0.2) is 4.98 Å². The summed E-state index contributed by atoms with van der Waals surface area (Å²) >= 11 is 0. The molecule has 1 aliphatic rings. The molecule has 1 fully saturated rings. The van der Waals surface area contributed by atoms with E-state index in [1.807, 2.05) is 61.5 Å². The van der Waals surface area contributed by atoms with Gasteiger partial charge in [-0.05, 0) is 73.2 Å². The highest BCUT2D eigenvalue weighted by molar-refractivity contribution is 5.94. The third-order valence-electron chi connectivity index (χ3n) is 6.37. The van der Waals surface area contributed by atoms with Gasteiger partial charge in [-0.15, -0.1) is 0 Å². The minimum absolute atomic E-state index is 0.0475. The van der Waals surface area contributed by atoms with Crippen molar-refractivity contribution in [2.75, 3.05) is 11.9 Å². The van der Waals surface area contributed by atoms with Crippen LogP contribution in [0.2, 0.25) is 0 Å². The summed E-state index contributed by atoms with van der Waals surface area (Å²) in [5, 5.41) is 2.88. The van der Waals surface area contributed by atoms with Crippen molar-refractivity contribution >= 4 is 22.7 Å². The van der Waals surface area contributed by atoms with Crippen molar-refractivity contribution in [1.29, 1.82) is 0 Å². The Morgan fingerprint density at radius 3 is 2.61 bits per heavy atom. The molecule has 0 unspecified atom stereocenters. The first-order valence-electron chi connectivity index (χ1n) is 11.6. The fraction of sp³-hybridized carbons (Fsp3) is 0.286. The lowest BCUT2D eigenvalue weighted by molar-refractivity contribution is -0.118. The first-order valence-corrected chi connectivity index (χ1v) is 11.6. The van der Waals surface area contributed by atoms with Crippen LogP contribution in [0.25, 0.3) is 22.6 Å². The molecule has 5 rings (SSSR count). The standard InChI is InChI=1S/C28H28N2O3/c1-19-7-5-6-10-24(19)28-30-25-17-22(13-16-26(25)33-28)29-27(31)18-32-23-14-11-21(12-15-23)20-8-3-2-4-9-20/h5-7,10-17,20H,2-4,8-9,18H2,1H3,(H,29,31). The van der Waals surface area contributed by atoms with Crippen LogP contribution >= 0.6 is 0 Å². The van der Waals surface area contributed by atoms with Gasteiger partial charge in [-0.1, -0.05) is 49.6 Å². The number of ether oxygens (including phenoxy) is 1. The highest BCUT2D eigenvalue weighted by atomic mass is 16.5. The fourth-order valence-electron chi connectivity index (χ4n) is 4.55. The number of benzene rings is 3. The van der Waals surface area contributed by atoms with Crippen LogP contribution in [0.15, 0.2) is 71.1 Å². The molecule has 168 valence electrons. The van der Waals surface area contributed by atoms with Crippen LogP contribution in [-0.2, 0) is 4.79 Å². The lowest BCUT2D eigenvalue weighted by Crippen LogP contribution is -2.20. The Hall–Kier alpha value is -3.60. The second-order valence-corrected chi connectivity index (χ2v) is 8.76. The van der Waals surface area contributed by atoms with Gasteiger partial charge in [-0.3, -0.25) is 4.79 Å². The highest BCUT2D eigenvalue weighted by Gasteiger charge is 2.15. The summed E-state index contributed by atoms with van der Waals surface area (Å²) < 4.78 is 11.6. The molecule has 1 N–H and O–H groups in total. The number of aryl methyl sites for hydroxylation is 1. The molecule has 1 aliphatic carbocycles. The van der Waals surface area contributed by atoms with E-state index in [1.165, 1.54) is 37.7 Å². The molecule has 1 amide bonds. The molecular formula is C28H28N2O3. The van der Waals surface area contributed by atoms with E-state index in [9.17, 15) is 4.79 Å². The first-order chi connectivity index (χ1) is 16.2. The number of anilines is 1. The average Bonchev–Trinajstić information content (AvgIpc) is 3.27. The number of rotatable bonds is 6. The third kappa shape index (κ3) is 4.92. The van der Waals surface area contributed by atoms with E-state index in [2.05, 4.69) is 22.4 Å². The van der Waals surface area contributed by atoms with E-state index in [1.54, 1.807) is 0 Å². The molecule has 33 heavy (non-hydrogen) atoms. The summed E-state index contributed by atoms with van der Waals surface area (Å²) in [6.45, 7) is 1.98. The molecule has 0 radical (unpaired) electrons. The van der Waals surface area contributed by atoms with Crippen LogP contribution in [0.3, 0.4) is 0 Å². The van der Waals surface area contributed by atoms with E-state index in [-0.39, 0.29) is 12.5 Å². The van der Waals surface area contributed by atoms with Gasteiger partial charge in [0.2, 0.25) is 5.89 Å². The molecular weight excluding hydrogens is 412 g/mol. The normalized spacial score (nSPS) is 14.3. The lowest BCUT2D eigenvalue weighted by Gasteiger charge is -2.22. The third-order valence-corrected chi connectivity index (χ3v) is 6.37. The number of amides is 1. The Bertz CT molecular complexity index is 1250. The summed E-state index contributed by atoms with van der Waals surface area (Å²) in [4.78, 5) is 17.0. The minimum atomic E-state index is -0.215. The molecule has 0 spiro atoms. The van der Waals surface area contributed by atoms with E-state index in [0.29, 0.717) is 34.3 Å². The maximum Gasteiger partial charge on any atom is 0.262 e.